The third-order valence-corrected chi connectivity index (χ3v) is 4.27. The van der Waals surface area contributed by atoms with Gasteiger partial charge in [0.05, 0.1) is 5.56 Å². The minimum atomic E-state index is -0.555. The molecule has 3 rings (SSSR count). The molecule has 1 unspecified atom stereocenters. The van der Waals surface area contributed by atoms with Crippen LogP contribution in [-0.4, -0.2) is 40.0 Å². The van der Waals surface area contributed by atoms with E-state index in [4.69, 9.17) is 10.2 Å². The molecule has 3 N–H and O–H groups in total. The number of aromatic nitrogens is 2. The third-order valence-electron chi connectivity index (χ3n) is 4.27. The fraction of sp³-hybridized carbons (Fsp3) is 0.438. The highest BCUT2D eigenvalue weighted by Crippen LogP contribution is 2.27. The molecule has 3 heterocycles. The zero-order valence-corrected chi connectivity index (χ0v) is 13.3. The van der Waals surface area contributed by atoms with Crippen LogP contribution in [0.5, 0.6) is 0 Å². The van der Waals surface area contributed by atoms with E-state index in [1.54, 1.807) is 19.1 Å². The fourth-order valence-electron chi connectivity index (χ4n) is 3.10. The van der Waals surface area contributed by atoms with Crippen LogP contribution < -0.4 is 5.73 Å². The van der Waals surface area contributed by atoms with Crippen LogP contribution in [0.15, 0.2) is 16.5 Å². The van der Waals surface area contributed by atoms with Gasteiger partial charge in [0, 0.05) is 24.7 Å². The van der Waals surface area contributed by atoms with Crippen molar-refractivity contribution in [1.82, 2.24) is 15.1 Å². The van der Waals surface area contributed by atoms with E-state index in [2.05, 4.69) is 10.2 Å². The number of nitrogens with two attached hydrogens (primary N) is 1. The van der Waals surface area contributed by atoms with Crippen molar-refractivity contribution in [3.8, 4) is 0 Å². The zero-order chi connectivity index (χ0) is 16.6. The molecule has 0 bridgehead atoms. The van der Waals surface area contributed by atoms with Gasteiger partial charge in [-0.05, 0) is 38.8 Å². The van der Waals surface area contributed by atoms with Gasteiger partial charge in [0.25, 0.3) is 11.8 Å². The summed E-state index contributed by atoms with van der Waals surface area (Å²) in [6.45, 7) is 4.94. The summed E-state index contributed by atoms with van der Waals surface area (Å²) in [6.07, 6.45) is 1.84. The summed E-state index contributed by atoms with van der Waals surface area (Å²) in [5.41, 5.74) is 6.92. The highest BCUT2D eigenvalue weighted by atomic mass is 16.3. The van der Waals surface area contributed by atoms with E-state index in [0.29, 0.717) is 17.9 Å². The molecule has 7 heteroatoms. The van der Waals surface area contributed by atoms with Crippen LogP contribution in [-0.2, 0) is 0 Å². The molecule has 0 aliphatic carbocycles. The van der Waals surface area contributed by atoms with Gasteiger partial charge in [-0.25, -0.2) is 0 Å². The molecule has 1 aliphatic heterocycles. The molecule has 2 aromatic rings. The maximum atomic E-state index is 12.7. The smallest absolute Gasteiger partial charge is 0.269 e. The van der Waals surface area contributed by atoms with Gasteiger partial charge in [-0.3, -0.25) is 14.7 Å². The van der Waals surface area contributed by atoms with Crippen molar-refractivity contribution in [3.05, 3.63) is 40.6 Å². The van der Waals surface area contributed by atoms with E-state index < -0.39 is 5.91 Å². The average Bonchev–Trinajstić information content (AvgIpc) is 3.13. The van der Waals surface area contributed by atoms with Crippen LogP contribution in [0.3, 0.4) is 0 Å². The lowest BCUT2D eigenvalue weighted by atomic mass is 9.94. The topological polar surface area (TPSA) is 105 Å². The number of piperidine rings is 1. The number of furan rings is 1. The van der Waals surface area contributed by atoms with E-state index in [1.807, 2.05) is 11.8 Å². The Hall–Kier alpha value is -2.57. The second kappa shape index (κ2) is 5.91. The molecule has 1 atom stereocenters. The lowest BCUT2D eigenvalue weighted by Gasteiger charge is -2.32. The lowest BCUT2D eigenvalue weighted by Crippen LogP contribution is -2.39. The molecule has 122 valence electrons. The molecule has 7 nitrogen and oxygen atoms in total. The number of amides is 2. The van der Waals surface area contributed by atoms with E-state index in [0.717, 1.165) is 30.8 Å². The Balaban J connectivity index is 1.76. The summed E-state index contributed by atoms with van der Waals surface area (Å²) >= 11 is 0. The van der Waals surface area contributed by atoms with E-state index in [9.17, 15) is 9.59 Å². The van der Waals surface area contributed by atoms with Crippen LogP contribution in [0.1, 0.15) is 56.8 Å². The molecule has 0 spiro atoms. The van der Waals surface area contributed by atoms with Crippen molar-refractivity contribution < 1.29 is 14.0 Å². The van der Waals surface area contributed by atoms with E-state index >= 15 is 0 Å². The number of hydrogen-bond donors (Lipinski definition) is 2. The number of rotatable bonds is 3. The van der Waals surface area contributed by atoms with Crippen molar-refractivity contribution in [2.75, 3.05) is 13.1 Å². The summed E-state index contributed by atoms with van der Waals surface area (Å²) < 4.78 is 5.45. The first-order valence-electron chi connectivity index (χ1n) is 7.67. The highest BCUT2D eigenvalue weighted by Gasteiger charge is 2.28. The normalized spacial score (nSPS) is 18.2. The summed E-state index contributed by atoms with van der Waals surface area (Å²) in [5.74, 6) is 0.937. The van der Waals surface area contributed by atoms with Crippen LogP contribution >= 0.6 is 0 Å². The number of primary amides is 1. The zero-order valence-electron chi connectivity index (χ0n) is 13.3. The Morgan fingerprint density at radius 2 is 2.17 bits per heavy atom. The molecule has 2 amide bonds. The second-order valence-corrected chi connectivity index (χ2v) is 5.99. The van der Waals surface area contributed by atoms with Crippen molar-refractivity contribution in [2.24, 2.45) is 5.73 Å². The number of likely N-dealkylation sites (tertiary alicyclic amines) is 1. The monoisotopic (exact) mass is 316 g/mol. The highest BCUT2D eigenvalue weighted by molar-refractivity contribution is 5.95. The third kappa shape index (κ3) is 2.99. The quantitative estimate of drug-likeness (QED) is 0.899. The molecular weight excluding hydrogens is 296 g/mol. The number of aryl methyl sites for hydroxylation is 2. The molecule has 0 aromatic carbocycles. The first kappa shape index (κ1) is 15.3. The molecule has 23 heavy (non-hydrogen) atoms. The van der Waals surface area contributed by atoms with Crippen molar-refractivity contribution in [1.29, 1.82) is 0 Å². The van der Waals surface area contributed by atoms with Crippen molar-refractivity contribution in [3.63, 3.8) is 0 Å². The summed E-state index contributed by atoms with van der Waals surface area (Å²) in [5, 5.41) is 6.78. The molecule has 1 fully saturated rings. The first-order valence-corrected chi connectivity index (χ1v) is 7.67. The van der Waals surface area contributed by atoms with Gasteiger partial charge in [-0.1, -0.05) is 0 Å². The lowest BCUT2D eigenvalue weighted by molar-refractivity contribution is 0.0704. The van der Waals surface area contributed by atoms with Gasteiger partial charge < -0.3 is 15.1 Å². The maximum Gasteiger partial charge on any atom is 0.269 e. The van der Waals surface area contributed by atoms with Crippen molar-refractivity contribution >= 4 is 11.8 Å². The number of H-pyrrole nitrogens is 1. The standard InChI is InChI=1S/C16H20N4O3/c1-9-6-12(10(2)23-9)16(22)20-5-3-4-11(8-20)13-7-14(15(17)21)19-18-13/h6-7,11H,3-5,8H2,1-2H3,(H2,17,21)(H,18,19). The Bertz CT molecular complexity index is 746. The Kier molecular flexibility index (Phi) is 3.94. The summed E-state index contributed by atoms with van der Waals surface area (Å²) in [7, 11) is 0. The number of nitrogens with one attached hydrogen (secondary N) is 1. The minimum absolute atomic E-state index is 0.0151. The van der Waals surface area contributed by atoms with E-state index in [1.165, 1.54) is 0 Å². The van der Waals surface area contributed by atoms with Crippen molar-refractivity contribution in [2.45, 2.75) is 32.6 Å². The number of carbonyl (C=O) groups is 2. The van der Waals surface area contributed by atoms with Gasteiger partial charge in [-0.15, -0.1) is 0 Å². The van der Waals surface area contributed by atoms with Crippen LogP contribution in [0.2, 0.25) is 0 Å². The van der Waals surface area contributed by atoms with Gasteiger partial charge in [-0.2, -0.15) is 5.10 Å². The van der Waals surface area contributed by atoms with Gasteiger partial charge in [0.15, 0.2) is 0 Å². The van der Waals surface area contributed by atoms with Gasteiger partial charge in [0.1, 0.15) is 17.2 Å². The van der Waals surface area contributed by atoms with Gasteiger partial charge >= 0.3 is 0 Å². The maximum absolute atomic E-state index is 12.7. The van der Waals surface area contributed by atoms with E-state index in [-0.39, 0.29) is 17.5 Å². The Morgan fingerprint density at radius 1 is 1.39 bits per heavy atom. The fourth-order valence-corrected chi connectivity index (χ4v) is 3.10. The molecule has 0 saturated carbocycles. The Morgan fingerprint density at radius 3 is 2.78 bits per heavy atom. The minimum Gasteiger partial charge on any atom is -0.466 e. The SMILES string of the molecule is Cc1cc(C(=O)N2CCCC(c3cc(C(N)=O)n[nH]3)C2)c(C)o1. The predicted molar refractivity (Wildman–Crippen MR) is 83.2 cm³/mol. The molecule has 2 aromatic heterocycles. The number of aromatic amines is 1. The number of carbonyl (C=O) groups excluding carboxylic acids is 2. The number of nitrogens with zero attached hydrogens (tertiary/aromatic N) is 2. The predicted octanol–water partition coefficient (Wildman–Crippen LogP) is 1.74. The molecular formula is C16H20N4O3. The largest absolute Gasteiger partial charge is 0.466 e. The van der Waals surface area contributed by atoms with Crippen LogP contribution in [0.4, 0.5) is 0 Å². The first-order chi connectivity index (χ1) is 11.0. The average molecular weight is 316 g/mol. The molecule has 1 aliphatic rings. The number of hydrogen-bond acceptors (Lipinski definition) is 4. The van der Waals surface area contributed by atoms with Crippen LogP contribution in [0.25, 0.3) is 0 Å². The molecule has 1 saturated heterocycles. The Labute approximate surface area is 133 Å². The summed E-state index contributed by atoms with van der Waals surface area (Å²) in [4.78, 5) is 25.7. The second-order valence-electron chi connectivity index (χ2n) is 5.99. The van der Waals surface area contributed by atoms with Crippen LogP contribution in [0, 0.1) is 13.8 Å². The summed E-state index contributed by atoms with van der Waals surface area (Å²) in [6, 6.07) is 3.46. The molecule has 0 radical (unpaired) electrons. The van der Waals surface area contributed by atoms with Gasteiger partial charge in [0.2, 0.25) is 0 Å².